The predicted molar refractivity (Wildman–Crippen MR) is 109 cm³/mol. The van der Waals surface area contributed by atoms with Crippen LogP contribution in [0.2, 0.25) is 5.02 Å². The van der Waals surface area contributed by atoms with Crippen LogP contribution in [0.1, 0.15) is 5.56 Å². The van der Waals surface area contributed by atoms with Crippen LogP contribution in [-0.2, 0) is 0 Å². The van der Waals surface area contributed by atoms with Crippen molar-refractivity contribution >= 4 is 17.3 Å². The number of nitrogens with zero attached hydrogens (tertiary/aromatic N) is 4. The molecule has 0 saturated heterocycles. The van der Waals surface area contributed by atoms with E-state index in [0.717, 1.165) is 22.4 Å². The Morgan fingerprint density at radius 3 is 1.82 bits per heavy atom. The van der Waals surface area contributed by atoms with Crippen LogP contribution in [0, 0.1) is 17.0 Å². The summed E-state index contributed by atoms with van der Waals surface area (Å²) in [6.07, 6.45) is 0. The van der Waals surface area contributed by atoms with Gasteiger partial charge in [-0.2, -0.15) is 0 Å². The van der Waals surface area contributed by atoms with Crippen LogP contribution in [0.3, 0.4) is 0 Å². The molecule has 0 saturated carbocycles. The molecule has 3 aromatic carbocycles. The predicted octanol–water partition coefficient (Wildman–Crippen LogP) is 5.47. The standard InChI is InChI=1S/C21H15ClN4O2/c1-14-2-4-15(5-3-14)20-23-24-21(16-6-10-19(11-7-16)26(27)28)25(20)18-12-8-17(22)9-13-18/h2-13H,1H3. The highest BCUT2D eigenvalue weighted by Gasteiger charge is 2.18. The molecule has 0 spiro atoms. The van der Waals surface area contributed by atoms with Crippen LogP contribution in [0.5, 0.6) is 0 Å². The number of halogens is 1. The second kappa shape index (κ2) is 7.25. The summed E-state index contributed by atoms with van der Waals surface area (Å²) in [5, 5.41) is 20.3. The first-order chi connectivity index (χ1) is 13.5. The highest BCUT2D eigenvalue weighted by molar-refractivity contribution is 6.30. The molecule has 7 heteroatoms. The van der Waals surface area contributed by atoms with Gasteiger partial charge >= 0.3 is 0 Å². The molecule has 0 unspecified atom stereocenters. The Balaban J connectivity index is 1.90. The van der Waals surface area contributed by atoms with Crippen molar-refractivity contribution in [1.29, 1.82) is 0 Å². The van der Waals surface area contributed by atoms with Crippen LogP contribution >= 0.6 is 11.6 Å². The fourth-order valence-electron chi connectivity index (χ4n) is 2.93. The second-order valence-corrected chi connectivity index (χ2v) is 6.77. The Hall–Kier alpha value is -3.51. The fourth-order valence-corrected chi connectivity index (χ4v) is 3.05. The molecule has 0 N–H and O–H groups in total. The first-order valence-corrected chi connectivity index (χ1v) is 8.94. The van der Waals surface area contributed by atoms with Gasteiger partial charge in [-0.15, -0.1) is 10.2 Å². The van der Waals surface area contributed by atoms with Crippen molar-refractivity contribution < 1.29 is 4.92 Å². The van der Waals surface area contributed by atoms with E-state index in [1.54, 1.807) is 24.3 Å². The van der Waals surface area contributed by atoms with Gasteiger partial charge in [0.1, 0.15) is 0 Å². The number of hydrogen-bond donors (Lipinski definition) is 0. The summed E-state index contributed by atoms with van der Waals surface area (Å²) in [5.41, 5.74) is 3.67. The van der Waals surface area contributed by atoms with E-state index in [1.807, 2.05) is 47.9 Å². The fraction of sp³-hybridized carbons (Fsp3) is 0.0476. The van der Waals surface area contributed by atoms with Crippen molar-refractivity contribution in [2.75, 3.05) is 0 Å². The Morgan fingerprint density at radius 1 is 0.821 bits per heavy atom. The van der Waals surface area contributed by atoms with E-state index < -0.39 is 4.92 Å². The Kier molecular flexibility index (Phi) is 4.63. The van der Waals surface area contributed by atoms with E-state index in [0.29, 0.717) is 16.7 Å². The lowest BCUT2D eigenvalue weighted by Crippen LogP contribution is -2.00. The highest BCUT2D eigenvalue weighted by atomic mass is 35.5. The zero-order chi connectivity index (χ0) is 19.7. The van der Waals surface area contributed by atoms with Gasteiger partial charge < -0.3 is 0 Å². The van der Waals surface area contributed by atoms with Crippen LogP contribution < -0.4 is 0 Å². The molecule has 0 aliphatic heterocycles. The van der Waals surface area contributed by atoms with E-state index in [9.17, 15) is 10.1 Å². The zero-order valence-corrected chi connectivity index (χ0v) is 15.7. The normalized spacial score (nSPS) is 10.8. The third-order valence-electron chi connectivity index (χ3n) is 4.39. The van der Waals surface area contributed by atoms with Crippen molar-refractivity contribution in [1.82, 2.24) is 14.8 Å². The Labute approximate surface area is 166 Å². The van der Waals surface area contributed by atoms with Gasteiger partial charge in [-0.05, 0) is 43.3 Å². The quantitative estimate of drug-likeness (QED) is 0.342. The number of aryl methyl sites for hydroxylation is 1. The van der Waals surface area contributed by atoms with Gasteiger partial charge in [0, 0.05) is 34.0 Å². The molecule has 138 valence electrons. The van der Waals surface area contributed by atoms with Crippen molar-refractivity contribution in [3.8, 4) is 28.5 Å². The van der Waals surface area contributed by atoms with Gasteiger partial charge in [0.25, 0.3) is 5.69 Å². The number of nitro benzene ring substituents is 1. The monoisotopic (exact) mass is 390 g/mol. The molecule has 6 nitrogen and oxygen atoms in total. The summed E-state index contributed by atoms with van der Waals surface area (Å²) in [7, 11) is 0. The maximum atomic E-state index is 10.9. The molecule has 0 amide bonds. The molecular weight excluding hydrogens is 376 g/mol. The second-order valence-electron chi connectivity index (χ2n) is 6.33. The van der Waals surface area contributed by atoms with E-state index in [2.05, 4.69) is 10.2 Å². The number of rotatable bonds is 4. The lowest BCUT2D eigenvalue weighted by atomic mass is 10.1. The largest absolute Gasteiger partial charge is 0.275 e. The van der Waals surface area contributed by atoms with Crippen LogP contribution in [0.15, 0.2) is 72.8 Å². The average molecular weight is 391 g/mol. The summed E-state index contributed by atoms with van der Waals surface area (Å²) < 4.78 is 1.92. The minimum atomic E-state index is -0.425. The molecule has 28 heavy (non-hydrogen) atoms. The number of benzene rings is 3. The molecule has 0 aliphatic carbocycles. The molecular formula is C21H15ClN4O2. The number of aromatic nitrogens is 3. The Morgan fingerprint density at radius 2 is 1.32 bits per heavy atom. The first-order valence-electron chi connectivity index (χ1n) is 8.56. The Bertz CT molecular complexity index is 1130. The summed E-state index contributed by atoms with van der Waals surface area (Å²) in [6.45, 7) is 2.02. The van der Waals surface area contributed by atoms with Gasteiger partial charge in [-0.3, -0.25) is 14.7 Å². The number of nitro groups is 1. The first kappa shape index (κ1) is 17.9. The molecule has 0 atom stereocenters. The topological polar surface area (TPSA) is 73.8 Å². The van der Waals surface area contributed by atoms with Gasteiger partial charge in [0.2, 0.25) is 0 Å². The van der Waals surface area contributed by atoms with Crippen LogP contribution in [0.4, 0.5) is 5.69 Å². The van der Waals surface area contributed by atoms with Gasteiger partial charge in [-0.1, -0.05) is 41.4 Å². The third kappa shape index (κ3) is 3.37. The molecule has 0 radical (unpaired) electrons. The maximum Gasteiger partial charge on any atom is 0.269 e. The van der Waals surface area contributed by atoms with Crippen molar-refractivity contribution in [3.05, 3.63) is 93.5 Å². The summed E-state index contributed by atoms with van der Waals surface area (Å²) in [6, 6.07) is 21.7. The van der Waals surface area contributed by atoms with Gasteiger partial charge in [0.15, 0.2) is 11.6 Å². The SMILES string of the molecule is Cc1ccc(-c2nnc(-c3ccc([N+](=O)[O-])cc3)n2-c2ccc(Cl)cc2)cc1. The summed E-state index contributed by atoms with van der Waals surface area (Å²) in [4.78, 5) is 10.5. The van der Waals surface area contributed by atoms with Crippen LogP contribution in [-0.4, -0.2) is 19.7 Å². The average Bonchev–Trinajstić information content (AvgIpc) is 3.14. The van der Waals surface area contributed by atoms with E-state index in [-0.39, 0.29) is 5.69 Å². The lowest BCUT2D eigenvalue weighted by molar-refractivity contribution is -0.384. The minimum absolute atomic E-state index is 0.0278. The van der Waals surface area contributed by atoms with E-state index >= 15 is 0 Å². The molecule has 1 heterocycles. The molecule has 4 aromatic rings. The van der Waals surface area contributed by atoms with Crippen molar-refractivity contribution in [2.45, 2.75) is 6.92 Å². The van der Waals surface area contributed by atoms with E-state index in [4.69, 9.17) is 11.6 Å². The van der Waals surface area contributed by atoms with Crippen molar-refractivity contribution in [2.24, 2.45) is 0 Å². The highest BCUT2D eigenvalue weighted by Crippen LogP contribution is 2.30. The number of non-ortho nitro benzene ring substituents is 1. The van der Waals surface area contributed by atoms with Crippen LogP contribution in [0.25, 0.3) is 28.5 Å². The number of hydrogen-bond acceptors (Lipinski definition) is 4. The molecule has 4 rings (SSSR count). The van der Waals surface area contributed by atoms with Gasteiger partial charge in [0.05, 0.1) is 4.92 Å². The smallest absolute Gasteiger partial charge is 0.269 e. The van der Waals surface area contributed by atoms with Crippen molar-refractivity contribution in [3.63, 3.8) is 0 Å². The van der Waals surface area contributed by atoms with E-state index in [1.165, 1.54) is 12.1 Å². The maximum absolute atomic E-state index is 10.9. The molecule has 0 fully saturated rings. The minimum Gasteiger partial charge on any atom is -0.275 e. The van der Waals surface area contributed by atoms with Gasteiger partial charge in [-0.25, -0.2) is 0 Å². The lowest BCUT2D eigenvalue weighted by Gasteiger charge is -2.11. The third-order valence-corrected chi connectivity index (χ3v) is 4.65. The molecule has 0 aliphatic rings. The zero-order valence-electron chi connectivity index (χ0n) is 14.9. The summed E-state index contributed by atoms with van der Waals surface area (Å²) >= 11 is 6.05. The molecule has 1 aromatic heterocycles. The summed E-state index contributed by atoms with van der Waals surface area (Å²) in [5.74, 6) is 1.27. The molecule has 0 bridgehead atoms.